The van der Waals surface area contributed by atoms with Crippen molar-refractivity contribution in [3.8, 4) is 0 Å². The van der Waals surface area contributed by atoms with Crippen LogP contribution in [0.15, 0.2) is 0 Å². The molecule has 0 aromatic rings. The van der Waals surface area contributed by atoms with Crippen molar-refractivity contribution in [1.29, 1.82) is 0 Å². The monoisotopic (exact) mass is 293 g/mol. The second-order valence-corrected chi connectivity index (χ2v) is 8.94. The lowest BCUT2D eigenvalue weighted by Gasteiger charge is -2.26. The number of hydrogen-bond acceptors (Lipinski definition) is 4. The summed E-state index contributed by atoms with van der Waals surface area (Å²) in [5, 5.41) is 11.2. The predicted molar refractivity (Wildman–Crippen MR) is 72.6 cm³/mol. The van der Waals surface area contributed by atoms with Gasteiger partial charge in [0, 0.05) is 12.0 Å². The zero-order chi connectivity index (χ0) is 15.5. The smallest absolute Gasteiger partial charge is 0.303 e. The Hall–Kier alpha value is -1.11. The molecule has 19 heavy (non-hydrogen) atoms. The normalized spacial score (nSPS) is 13.1. The first kappa shape index (κ1) is 17.9. The highest BCUT2D eigenvalue weighted by molar-refractivity contribution is 7.93. The molecule has 0 aliphatic rings. The van der Waals surface area contributed by atoms with Crippen LogP contribution in [0.1, 0.15) is 47.5 Å². The van der Waals surface area contributed by atoms with E-state index in [2.05, 4.69) is 5.32 Å². The van der Waals surface area contributed by atoms with Gasteiger partial charge in [-0.1, -0.05) is 0 Å². The van der Waals surface area contributed by atoms with Gasteiger partial charge in [-0.15, -0.1) is 0 Å². The Labute approximate surface area is 114 Å². The summed E-state index contributed by atoms with van der Waals surface area (Å²) in [6.07, 6.45) is 0.156. The Morgan fingerprint density at radius 1 is 1.11 bits per heavy atom. The molecule has 0 fully saturated rings. The van der Waals surface area contributed by atoms with Crippen molar-refractivity contribution in [3.05, 3.63) is 0 Å². The Morgan fingerprint density at radius 2 is 1.58 bits per heavy atom. The van der Waals surface area contributed by atoms with Crippen molar-refractivity contribution >= 4 is 21.7 Å². The van der Waals surface area contributed by atoms with E-state index in [1.54, 1.807) is 13.8 Å². The average Bonchev–Trinajstić information content (AvgIpc) is 2.10. The standard InChI is InChI=1S/C12H23NO5S/c1-11(2,3)19(17,18)8-9(14)13-12(4,5)7-6-10(15)16/h6-8H2,1-5H3,(H,13,14)(H,15,16). The van der Waals surface area contributed by atoms with Crippen LogP contribution in [0.3, 0.4) is 0 Å². The summed E-state index contributed by atoms with van der Waals surface area (Å²) in [4.78, 5) is 22.2. The molecule has 0 saturated heterocycles. The minimum Gasteiger partial charge on any atom is -0.481 e. The summed E-state index contributed by atoms with van der Waals surface area (Å²) < 4.78 is 22.7. The van der Waals surface area contributed by atoms with E-state index >= 15 is 0 Å². The van der Waals surface area contributed by atoms with Gasteiger partial charge in [0.05, 0.1) is 4.75 Å². The van der Waals surface area contributed by atoms with E-state index in [0.717, 1.165) is 0 Å². The molecule has 0 aliphatic heterocycles. The number of sulfone groups is 1. The highest BCUT2D eigenvalue weighted by Crippen LogP contribution is 2.17. The van der Waals surface area contributed by atoms with E-state index < -0.39 is 37.8 Å². The van der Waals surface area contributed by atoms with Crippen LogP contribution in [-0.4, -0.2) is 41.4 Å². The van der Waals surface area contributed by atoms with Gasteiger partial charge < -0.3 is 10.4 Å². The van der Waals surface area contributed by atoms with Gasteiger partial charge in [0.25, 0.3) is 0 Å². The molecule has 1 amide bonds. The lowest BCUT2D eigenvalue weighted by molar-refractivity contribution is -0.137. The quantitative estimate of drug-likeness (QED) is 0.759. The largest absolute Gasteiger partial charge is 0.481 e. The molecule has 0 aromatic heterocycles. The molecule has 0 spiro atoms. The second-order valence-electron chi connectivity index (χ2n) is 6.20. The molecule has 0 aromatic carbocycles. The molecule has 112 valence electrons. The number of nitrogens with one attached hydrogen (secondary N) is 1. The minimum absolute atomic E-state index is 0.0840. The Kier molecular flexibility index (Phi) is 5.55. The minimum atomic E-state index is -3.53. The molecule has 2 N–H and O–H groups in total. The van der Waals surface area contributed by atoms with Crippen molar-refractivity contribution in [2.45, 2.75) is 57.7 Å². The van der Waals surface area contributed by atoms with E-state index in [4.69, 9.17) is 5.11 Å². The van der Waals surface area contributed by atoms with Crippen LogP contribution in [0.4, 0.5) is 0 Å². The van der Waals surface area contributed by atoms with Crippen molar-refractivity contribution in [2.24, 2.45) is 0 Å². The number of aliphatic carboxylic acids is 1. The van der Waals surface area contributed by atoms with Crippen LogP contribution >= 0.6 is 0 Å². The number of carboxylic acid groups (broad SMARTS) is 1. The highest BCUT2D eigenvalue weighted by Gasteiger charge is 2.32. The lowest BCUT2D eigenvalue weighted by atomic mass is 9.98. The number of rotatable bonds is 6. The van der Waals surface area contributed by atoms with Crippen molar-refractivity contribution in [2.75, 3.05) is 5.75 Å². The molecule has 0 aliphatic carbocycles. The van der Waals surface area contributed by atoms with Crippen LogP contribution in [0, 0.1) is 0 Å². The lowest BCUT2D eigenvalue weighted by Crippen LogP contribution is -2.47. The maximum absolute atomic E-state index is 11.9. The third-order valence-electron chi connectivity index (χ3n) is 2.70. The van der Waals surface area contributed by atoms with Gasteiger partial charge in [-0.05, 0) is 41.0 Å². The van der Waals surface area contributed by atoms with E-state index in [1.807, 2.05) is 0 Å². The molecule has 7 heteroatoms. The molecule has 0 bridgehead atoms. The number of hydrogen-bond donors (Lipinski definition) is 2. The third-order valence-corrected chi connectivity index (χ3v) is 5.20. The molecule has 6 nitrogen and oxygen atoms in total. The number of carbonyl (C=O) groups is 2. The van der Waals surface area contributed by atoms with E-state index in [-0.39, 0.29) is 12.8 Å². The molecular formula is C12H23NO5S. The fourth-order valence-corrected chi connectivity index (χ4v) is 2.13. The van der Waals surface area contributed by atoms with Gasteiger partial charge >= 0.3 is 5.97 Å². The summed E-state index contributed by atoms with van der Waals surface area (Å²) in [6.45, 7) is 7.93. The Bertz CT molecular complexity index is 445. The third kappa shape index (κ3) is 6.56. The van der Waals surface area contributed by atoms with Crippen molar-refractivity contribution < 1.29 is 23.1 Å². The molecule has 0 heterocycles. The summed E-state index contributed by atoms with van der Waals surface area (Å²) in [6, 6.07) is 0. The number of carbonyl (C=O) groups excluding carboxylic acids is 1. The zero-order valence-corrected chi connectivity index (χ0v) is 12.9. The first-order valence-corrected chi connectivity index (χ1v) is 7.67. The fraction of sp³-hybridized carbons (Fsp3) is 0.833. The second kappa shape index (κ2) is 5.90. The van der Waals surface area contributed by atoms with E-state index in [9.17, 15) is 18.0 Å². The van der Waals surface area contributed by atoms with Crippen LogP contribution in [0.25, 0.3) is 0 Å². The SMILES string of the molecule is CC(C)(CCC(=O)O)NC(=O)CS(=O)(=O)C(C)(C)C. The van der Waals surface area contributed by atoms with Gasteiger partial charge in [0.15, 0.2) is 9.84 Å². The summed E-state index contributed by atoms with van der Waals surface area (Å²) >= 11 is 0. The predicted octanol–water partition coefficient (Wildman–Crippen LogP) is 0.959. The molecular weight excluding hydrogens is 270 g/mol. The van der Waals surface area contributed by atoms with Crippen LogP contribution in [0.2, 0.25) is 0 Å². The Balaban J connectivity index is 4.59. The fourth-order valence-electron chi connectivity index (χ4n) is 1.28. The maximum atomic E-state index is 11.9. The molecule has 0 rings (SSSR count). The number of carboxylic acids is 1. The van der Waals surface area contributed by atoms with Gasteiger partial charge in [-0.2, -0.15) is 0 Å². The van der Waals surface area contributed by atoms with E-state index in [1.165, 1.54) is 20.8 Å². The van der Waals surface area contributed by atoms with Gasteiger partial charge in [0.1, 0.15) is 5.75 Å². The van der Waals surface area contributed by atoms with Gasteiger partial charge in [-0.25, -0.2) is 8.42 Å². The van der Waals surface area contributed by atoms with E-state index in [0.29, 0.717) is 0 Å². The van der Waals surface area contributed by atoms with Crippen molar-refractivity contribution in [3.63, 3.8) is 0 Å². The molecule has 0 atom stereocenters. The summed E-state index contributed by atoms with van der Waals surface area (Å²) in [7, 11) is -3.53. The molecule has 0 saturated carbocycles. The maximum Gasteiger partial charge on any atom is 0.303 e. The van der Waals surface area contributed by atoms with Crippen molar-refractivity contribution in [1.82, 2.24) is 5.32 Å². The van der Waals surface area contributed by atoms with Gasteiger partial charge in [-0.3, -0.25) is 9.59 Å². The highest BCUT2D eigenvalue weighted by atomic mass is 32.2. The topological polar surface area (TPSA) is 101 Å². The summed E-state index contributed by atoms with van der Waals surface area (Å²) in [5.74, 6) is -2.15. The Morgan fingerprint density at radius 3 is 1.95 bits per heavy atom. The first-order chi connectivity index (χ1) is 8.27. The van der Waals surface area contributed by atoms with Crippen LogP contribution < -0.4 is 5.32 Å². The zero-order valence-electron chi connectivity index (χ0n) is 12.1. The molecule has 0 unspecified atom stereocenters. The summed E-state index contributed by atoms with van der Waals surface area (Å²) in [5.41, 5.74) is -0.747. The number of amides is 1. The van der Waals surface area contributed by atoms with Gasteiger partial charge in [0.2, 0.25) is 5.91 Å². The average molecular weight is 293 g/mol. The van der Waals surface area contributed by atoms with Crippen LogP contribution in [0.5, 0.6) is 0 Å². The van der Waals surface area contributed by atoms with Crippen LogP contribution in [-0.2, 0) is 19.4 Å². The first-order valence-electron chi connectivity index (χ1n) is 6.02. The molecule has 0 radical (unpaired) electrons.